The molecule has 0 fully saturated rings. The molecule has 0 atom stereocenters. The molecule has 1 aromatic rings. The number of hydrogen-bond acceptors (Lipinski definition) is 3. The molecule has 0 radical (unpaired) electrons. The van der Waals surface area contributed by atoms with Crippen LogP contribution in [-0.4, -0.2) is 32.6 Å². The van der Waals surface area contributed by atoms with Gasteiger partial charge in [-0.15, -0.1) is 0 Å². The van der Waals surface area contributed by atoms with E-state index in [1.807, 2.05) is 13.0 Å². The Hall–Kier alpha value is -0.900. The summed E-state index contributed by atoms with van der Waals surface area (Å²) in [5, 5.41) is 3.70. The molecular weight excluding hydrogens is 226 g/mol. The fourth-order valence-corrected chi connectivity index (χ4v) is 1.41. The maximum absolute atomic E-state index is 11.7. The maximum atomic E-state index is 11.7. The molecule has 16 heavy (non-hydrogen) atoms. The molecule has 0 bridgehead atoms. The predicted octanol–water partition coefficient (Wildman–Crippen LogP) is 2.07. The third kappa shape index (κ3) is 3.93. The molecule has 0 heterocycles. The van der Waals surface area contributed by atoms with Crippen LogP contribution in [0.1, 0.15) is 15.9 Å². The van der Waals surface area contributed by atoms with E-state index in [1.165, 1.54) is 0 Å². The van der Waals surface area contributed by atoms with Gasteiger partial charge in [0.25, 0.3) is 0 Å². The summed E-state index contributed by atoms with van der Waals surface area (Å²) in [5.74, 6) is 0.0656. The van der Waals surface area contributed by atoms with Gasteiger partial charge >= 0.3 is 0 Å². The van der Waals surface area contributed by atoms with E-state index in [-0.39, 0.29) is 5.78 Å². The molecule has 0 aliphatic carbocycles. The highest BCUT2D eigenvalue weighted by Crippen LogP contribution is 2.16. The average molecular weight is 242 g/mol. The molecule has 1 aromatic carbocycles. The van der Waals surface area contributed by atoms with Gasteiger partial charge in [-0.1, -0.05) is 11.6 Å². The van der Waals surface area contributed by atoms with Crippen LogP contribution in [0.25, 0.3) is 0 Å². The van der Waals surface area contributed by atoms with E-state index in [1.54, 1.807) is 19.2 Å². The maximum Gasteiger partial charge on any atom is 0.176 e. The van der Waals surface area contributed by atoms with E-state index in [9.17, 15) is 4.79 Å². The van der Waals surface area contributed by atoms with Gasteiger partial charge in [0, 0.05) is 24.2 Å². The summed E-state index contributed by atoms with van der Waals surface area (Å²) < 4.78 is 4.87. The van der Waals surface area contributed by atoms with Gasteiger partial charge in [-0.3, -0.25) is 4.79 Å². The van der Waals surface area contributed by atoms with Gasteiger partial charge in [-0.2, -0.15) is 0 Å². The van der Waals surface area contributed by atoms with Crippen molar-refractivity contribution in [3.63, 3.8) is 0 Å². The highest BCUT2D eigenvalue weighted by Gasteiger charge is 2.06. The Bertz CT molecular complexity index is 366. The van der Waals surface area contributed by atoms with Gasteiger partial charge in [0.15, 0.2) is 5.78 Å². The Balaban J connectivity index is 2.50. The number of aryl methyl sites for hydroxylation is 1. The Morgan fingerprint density at radius 3 is 2.88 bits per heavy atom. The summed E-state index contributed by atoms with van der Waals surface area (Å²) in [6, 6.07) is 5.30. The van der Waals surface area contributed by atoms with Crippen LogP contribution in [0, 0.1) is 6.92 Å². The third-order valence-electron chi connectivity index (χ3n) is 2.25. The minimum atomic E-state index is 0.0656. The summed E-state index contributed by atoms with van der Waals surface area (Å²) in [6.45, 7) is 3.49. The van der Waals surface area contributed by atoms with Crippen molar-refractivity contribution in [3.05, 3.63) is 34.3 Å². The molecule has 0 saturated heterocycles. The van der Waals surface area contributed by atoms with Crippen LogP contribution >= 0.6 is 11.6 Å². The van der Waals surface area contributed by atoms with Crippen LogP contribution in [0.4, 0.5) is 0 Å². The van der Waals surface area contributed by atoms with Crippen molar-refractivity contribution in [2.24, 2.45) is 0 Å². The Labute approximate surface area is 101 Å². The van der Waals surface area contributed by atoms with Crippen molar-refractivity contribution >= 4 is 17.4 Å². The first-order chi connectivity index (χ1) is 7.65. The number of halogens is 1. The minimum Gasteiger partial charge on any atom is -0.383 e. The number of ketones is 1. The SMILES string of the molecule is COCCNCC(=O)c1ccc(Cl)c(C)c1. The van der Waals surface area contributed by atoms with Crippen LogP contribution in [0.5, 0.6) is 0 Å². The highest BCUT2D eigenvalue weighted by atomic mass is 35.5. The Kier molecular flexibility index (Phi) is 5.46. The van der Waals surface area contributed by atoms with Gasteiger partial charge < -0.3 is 10.1 Å². The predicted molar refractivity (Wildman–Crippen MR) is 65.3 cm³/mol. The third-order valence-corrected chi connectivity index (χ3v) is 2.67. The normalized spacial score (nSPS) is 10.4. The van der Waals surface area contributed by atoms with E-state index in [0.717, 1.165) is 5.56 Å². The summed E-state index contributed by atoms with van der Waals surface area (Å²) >= 11 is 5.89. The zero-order valence-electron chi connectivity index (χ0n) is 9.55. The number of Topliss-reactive ketones (excluding diaryl/α,β-unsaturated/α-hetero) is 1. The fraction of sp³-hybridized carbons (Fsp3) is 0.417. The molecule has 88 valence electrons. The minimum absolute atomic E-state index is 0.0656. The molecule has 1 N–H and O–H groups in total. The molecule has 0 aromatic heterocycles. The van der Waals surface area contributed by atoms with Crippen LogP contribution in [0.15, 0.2) is 18.2 Å². The van der Waals surface area contributed by atoms with Gasteiger partial charge in [-0.25, -0.2) is 0 Å². The second-order valence-electron chi connectivity index (χ2n) is 3.56. The lowest BCUT2D eigenvalue weighted by Crippen LogP contribution is -2.26. The number of hydrogen-bond donors (Lipinski definition) is 1. The lowest BCUT2D eigenvalue weighted by atomic mass is 10.1. The lowest BCUT2D eigenvalue weighted by Gasteiger charge is -2.05. The quantitative estimate of drug-likeness (QED) is 0.612. The molecular formula is C12H16ClNO2. The monoisotopic (exact) mass is 241 g/mol. The van der Waals surface area contributed by atoms with E-state index in [2.05, 4.69) is 5.32 Å². The standard InChI is InChI=1S/C12H16ClNO2/c1-9-7-10(3-4-11(9)13)12(15)8-14-5-6-16-2/h3-4,7,14H,5-6,8H2,1-2H3. The zero-order valence-corrected chi connectivity index (χ0v) is 10.3. The summed E-state index contributed by atoms with van der Waals surface area (Å²) in [4.78, 5) is 11.7. The number of rotatable bonds is 6. The van der Waals surface area contributed by atoms with E-state index < -0.39 is 0 Å². The number of nitrogens with one attached hydrogen (secondary N) is 1. The second-order valence-corrected chi connectivity index (χ2v) is 3.96. The lowest BCUT2D eigenvalue weighted by molar-refractivity contribution is 0.0987. The van der Waals surface area contributed by atoms with Crippen molar-refractivity contribution in [2.45, 2.75) is 6.92 Å². The van der Waals surface area contributed by atoms with Crippen molar-refractivity contribution in [2.75, 3.05) is 26.8 Å². The van der Waals surface area contributed by atoms with Gasteiger partial charge in [0.05, 0.1) is 13.2 Å². The van der Waals surface area contributed by atoms with E-state index >= 15 is 0 Å². The van der Waals surface area contributed by atoms with Gasteiger partial charge in [0.1, 0.15) is 0 Å². The van der Waals surface area contributed by atoms with Gasteiger partial charge in [0.2, 0.25) is 0 Å². The number of carbonyl (C=O) groups excluding carboxylic acids is 1. The van der Waals surface area contributed by atoms with E-state index in [4.69, 9.17) is 16.3 Å². The number of carbonyl (C=O) groups is 1. The van der Waals surface area contributed by atoms with Crippen LogP contribution in [-0.2, 0) is 4.74 Å². The highest BCUT2D eigenvalue weighted by molar-refractivity contribution is 6.31. The van der Waals surface area contributed by atoms with Crippen LogP contribution < -0.4 is 5.32 Å². The molecule has 0 saturated carbocycles. The van der Waals surface area contributed by atoms with E-state index in [0.29, 0.717) is 30.3 Å². The van der Waals surface area contributed by atoms with Crippen molar-refractivity contribution in [3.8, 4) is 0 Å². The average Bonchev–Trinajstić information content (AvgIpc) is 2.28. The van der Waals surface area contributed by atoms with Crippen molar-refractivity contribution in [1.82, 2.24) is 5.32 Å². The Morgan fingerprint density at radius 2 is 2.25 bits per heavy atom. The second kappa shape index (κ2) is 6.63. The first-order valence-corrected chi connectivity index (χ1v) is 5.52. The van der Waals surface area contributed by atoms with Crippen molar-refractivity contribution in [1.29, 1.82) is 0 Å². The number of methoxy groups -OCH3 is 1. The zero-order chi connectivity index (χ0) is 12.0. The molecule has 3 nitrogen and oxygen atoms in total. The largest absolute Gasteiger partial charge is 0.383 e. The molecule has 0 unspecified atom stereocenters. The first kappa shape index (κ1) is 13.2. The molecule has 1 rings (SSSR count). The molecule has 0 spiro atoms. The molecule has 4 heteroatoms. The number of ether oxygens (including phenoxy) is 1. The fourth-order valence-electron chi connectivity index (χ4n) is 1.30. The molecule has 0 aliphatic heterocycles. The van der Waals surface area contributed by atoms with Gasteiger partial charge in [-0.05, 0) is 30.7 Å². The number of benzene rings is 1. The Morgan fingerprint density at radius 1 is 1.50 bits per heavy atom. The topological polar surface area (TPSA) is 38.3 Å². The van der Waals surface area contributed by atoms with Crippen molar-refractivity contribution < 1.29 is 9.53 Å². The summed E-state index contributed by atoms with van der Waals surface area (Å²) in [6.07, 6.45) is 0. The first-order valence-electron chi connectivity index (χ1n) is 5.14. The van der Waals surface area contributed by atoms with Crippen LogP contribution in [0.2, 0.25) is 5.02 Å². The molecule has 0 aliphatic rings. The smallest absolute Gasteiger partial charge is 0.176 e. The van der Waals surface area contributed by atoms with Crippen LogP contribution in [0.3, 0.4) is 0 Å². The summed E-state index contributed by atoms with van der Waals surface area (Å²) in [5.41, 5.74) is 1.61. The summed E-state index contributed by atoms with van der Waals surface area (Å²) in [7, 11) is 1.63. The molecule has 0 amide bonds.